The number of rotatable bonds is 11. The first-order valence-corrected chi connectivity index (χ1v) is 15.5. The van der Waals surface area contributed by atoms with E-state index in [1.54, 1.807) is 11.3 Å². The molecule has 1 aliphatic carbocycles. The van der Waals surface area contributed by atoms with Crippen molar-refractivity contribution in [3.63, 3.8) is 0 Å². The zero-order chi connectivity index (χ0) is 28.2. The first-order chi connectivity index (χ1) is 20.1. The van der Waals surface area contributed by atoms with Gasteiger partial charge < -0.3 is 14.7 Å². The number of fused-ring (bicyclic) bond motifs is 2. The number of hydrogen-bond donors (Lipinski definition) is 1. The van der Waals surface area contributed by atoms with E-state index < -0.39 is 5.97 Å². The van der Waals surface area contributed by atoms with Crippen LogP contribution in [0.2, 0.25) is 0 Å². The maximum atomic E-state index is 11.4. The second kappa shape index (κ2) is 12.5. The Morgan fingerprint density at radius 1 is 1.02 bits per heavy atom. The topological polar surface area (TPSA) is 65.9 Å². The molecule has 6 nitrogen and oxygen atoms in total. The molecule has 1 N–H and O–H groups in total. The average molecular weight is 568 g/mol. The number of carboxylic acids is 1. The monoisotopic (exact) mass is 567 g/mol. The predicted octanol–water partition coefficient (Wildman–Crippen LogP) is 7.42. The molecule has 1 unspecified atom stereocenters. The van der Waals surface area contributed by atoms with Gasteiger partial charge >= 0.3 is 5.97 Å². The third kappa shape index (κ3) is 6.31. The Morgan fingerprint density at radius 3 is 2.54 bits per heavy atom. The van der Waals surface area contributed by atoms with E-state index in [2.05, 4.69) is 70.2 Å². The molecule has 1 saturated heterocycles. The number of likely N-dealkylation sites (tertiary alicyclic amines) is 1. The molecule has 6 rings (SSSR count). The van der Waals surface area contributed by atoms with E-state index in [1.165, 1.54) is 22.4 Å². The van der Waals surface area contributed by atoms with Crippen LogP contribution < -0.4 is 4.74 Å². The van der Waals surface area contributed by atoms with E-state index in [9.17, 15) is 9.90 Å². The van der Waals surface area contributed by atoms with E-state index >= 15 is 0 Å². The van der Waals surface area contributed by atoms with Crippen molar-refractivity contribution in [1.29, 1.82) is 0 Å². The lowest BCUT2D eigenvalue weighted by Gasteiger charge is -2.41. The van der Waals surface area contributed by atoms with Gasteiger partial charge in [0.1, 0.15) is 5.75 Å². The highest BCUT2D eigenvalue weighted by Crippen LogP contribution is 2.41. The third-order valence-electron chi connectivity index (χ3n) is 8.49. The van der Waals surface area contributed by atoms with Crippen molar-refractivity contribution >= 4 is 33.6 Å². The second-order valence-corrected chi connectivity index (χ2v) is 12.0. The number of benzene rings is 3. The summed E-state index contributed by atoms with van der Waals surface area (Å²) in [7, 11) is 0. The molecule has 212 valence electrons. The van der Waals surface area contributed by atoms with Crippen molar-refractivity contribution in [2.75, 3.05) is 26.2 Å². The minimum absolute atomic E-state index is 0.174. The molecular weight excluding hydrogens is 530 g/mol. The number of nitrogens with zero attached hydrogens (tertiary/aromatic N) is 3. The standard InChI is InChI=1S/C34H37N3O3S/c1-2-28-29-8-4-3-7-25(29)23-31(28)37-20-16-26(17-21-37)36(22-18-33(38)39)19-15-24-11-13-27(14-12-24)40-34-35-30-9-5-6-10-32(30)41-34/h3-14,23,26,28H,2,15-22H2,1H3,(H,38,39). The quantitative estimate of drug-likeness (QED) is 0.203. The summed E-state index contributed by atoms with van der Waals surface area (Å²) in [5, 5.41) is 10.1. The molecule has 1 aromatic heterocycles. The van der Waals surface area contributed by atoms with Crippen LogP contribution in [0, 0.1) is 0 Å². The number of para-hydroxylation sites is 1. The largest absolute Gasteiger partial charge is 0.481 e. The van der Waals surface area contributed by atoms with Gasteiger partial charge in [-0.3, -0.25) is 9.69 Å². The smallest absolute Gasteiger partial charge is 0.304 e. The molecule has 0 spiro atoms. The summed E-state index contributed by atoms with van der Waals surface area (Å²) in [6.07, 6.45) is 6.65. The number of aromatic nitrogens is 1. The lowest BCUT2D eigenvalue weighted by Crippen LogP contribution is -2.46. The predicted molar refractivity (Wildman–Crippen MR) is 166 cm³/mol. The first-order valence-electron chi connectivity index (χ1n) is 14.7. The summed E-state index contributed by atoms with van der Waals surface area (Å²) < 4.78 is 7.13. The molecular formula is C34H37N3O3S. The van der Waals surface area contributed by atoms with Crippen LogP contribution in [0.3, 0.4) is 0 Å². The Bertz CT molecular complexity index is 1490. The van der Waals surface area contributed by atoms with Crippen LogP contribution in [-0.2, 0) is 11.2 Å². The van der Waals surface area contributed by atoms with Crippen LogP contribution in [0.25, 0.3) is 16.3 Å². The fourth-order valence-corrected chi connectivity index (χ4v) is 7.15. The molecule has 0 bridgehead atoms. The maximum absolute atomic E-state index is 11.4. The number of aliphatic carboxylic acids is 1. The summed E-state index contributed by atoms with van der Waals surface area (Å²) in [6.45, 7) is 5.75. The number of allylic oxidation sites excluding steroid dienone is 1. The number of carboxylic acid groups (broad SMARTS) is 1. The summed E-state index contributed by atoms with van der Waals surface area (Å²) >= 11 is 1.55. The van der Waals surface area contributed by atoms with Crippen LogP contribution in [-0.4, -0.2) is 58.1 Å². The second-order valence-electron chi connectivity index (χ2n) is 11.0. The molecule has 1 aliphatic heterocycles. The highest BCUT2D eigenvalue weighted by molar-refractivity contribution is 7.20. The molecule has 2 aliphatic rings. The van der Waals surface area contributed by atoms with Crippen LogP contribution in [0.15, 0.2) is 78.5 Å². The Balaban J connectivity index is 1.05. The Hall–Kier alpha value is -3.68. The van der Waals surface area contributed by atoms with E-state index in [0.717, 1.165) is 61.3 Å². The zero-order valence-corrected chi connectivity index (χ0v) is 24.4. The van der Waals surface area contributed by atoms with E-state index in [-0.39, 0.29) is 6.42 Å². The van der Waals surface area contributed by atoms with Gasteiger partial charge in [0, 0.05) is 43.8 Å². The number of ether oxygens (including phenoxy) is 1. The minimum Gasteiger partial charge on any atom is -0.481 e. The maximum Gasteiger partial charge on any atom is 0.304 e. The van der Waals surface area contributed by atoms with Gasteiger partial charge in [0.2, 0.25) is 0 Å². The van der Waals surface area contributed by atoms with Gasteiger partial charge in [-0.05, 0) is 72.7 Å². The normalized spacial score (nSPS) is 17.2. The summed E-state index contributed by atoms with van der Waals surface area (Å²) in [4.78, 5) is 21.0. The van der Waals surface area contributed by atoms with Crippen molar-refractivity contribution in [2.24, 2.45) is 0 Å². The summed E-state index contributed by atoms with van der Waals surface area (Å²) in [5.41, 5.74) is 6.44. The van der Waals surface area contributed by atoms with Crippen LogP contribution in [0.4, 0.5) is 0 Å². The summed E-state index contributed by atoms with van der Waals surface area (Å²) in [6, 6.07) is 25.4. The van der Waals surface area contributed by atoms with Crippen molar-refractivity contribution in [3.8, 4) is 10.9 Å². The molecule has 0 radical (unpaired) electrons. The lowest BCUT2D eigenvalue weighted by atomic mass is 9.94. The van der Waals surface area contributed by atoms with Crippen molar-refractivity contribution in [2.45, 2.75) is 51.0 Å². The zero-order valence-electron chi connectivity index (χ0n) is 23.5. The van der Waals surface area contributed by atoms with Gasteiger partial charge in [-0.25, -0.2) is 4.98 Å². The van der Waals surface area contributed by atoms with Gasteiger partial charge in [-0.15, -0.1) is 0 Å². The Kier molecular flexibility index (Phi) is 8.35. The van der Waals surface area contributed by atoms with Gasteiger partial charge in [0.25, 0.3) is 5.19 Å². The first kappa shape index (κ1) is 27.5. The van der Waals surface area contributed by atoms with Crippen molar-refractivity contribution in [3.05, 3.63) is 95.2 Å². The van der Waals surface area contributed by atoms with E-state index in [4.69, 9.17) is 4.74 Å². The fourth-order valence-electron chi connectivity index (χ4n) is 6.32. The molecule has 0 saturated carbocycles. The van der Waals surface area contributed by atoms with Gasteiger partial charge in [-0.1, -0.05) is 66.8 Å². The molecule has 41 heavy (non-hydrogen) atoms. The Morgan fingerprint density at radius 2 is 1.78 bits per heavy atom. The SMILES string of the molecule is CCC1C(N2CCC(N(CCC(=O)O)CCc3ccc(Oc4nc5ccccc5s4)cc3)CC2)=Cc2ccccc21. The molecule has 3 aromatic carbocycles. The molecule has 4 aromatic rings. The van der Waals surface area contributed by atoms with E-state index in [1.807, 2.05) is 30.3 Å². The molecule has 2 heterocycles. The van der Waals surface area contributed by atoms with Crippen molar-refractivity contribution in [1.82, 2.24) is 14.8 Å². The van der Waals surface area contributed by atoms with Gasteiger partial charge in [0.15, 0.2) is 0 Å². The van der Waals surface area contributed by atoms with Gasteiger partial charge in [-0.2, -0.15) is 0 Å². The molecule has 7 heteroatoms. The Labute approximate surface area is 245 Å². The molecule has 0 amide bonds. The highest BCUT2D eigenvalue weighted by Gasteiger charge is 2.31. The minimum atomic E-state index is -0.733. The van der Waals surface area contributed by atoms with Gasteiger partial charge in [0.05, 0.1) is 16.6 Å². The molecule has 1 fully saturated rings. The average Bonchev–Trinajstić information content (AvgIpc) is 3.58. The lowest BCUT2D eigenvalue weighted by molar-refractivity contribution is -0.137. The van der Waals surface area contributed by atoms with Crippen LogP contribution in [0.5, 0.6) is 10.9 Å². The van der Waals surface area contributed by atoms with E-state index in [0.29, 0.717) is 23.7 Å². The third-order valence-corrected chi connectivity index (χ3v) is 9.40. The number of carbonyl (C=O) groups is 1. The highest BCUT2D eigenvalue weighted by atomic mass is 32.1. The van der Waals surface area contributed by atoms with Crippen LogP contribution in [0.1, 0.15) is 55.2 Å². The summed E-state index contributed by atoms with van der Waals surface area (Å²) in [5.74, 6) is 0.521. The number of piperidine rings is 1. The van der Waals surface area contributed by atoms with Crippen LogP contribution >= 0.6 is 11.3 Å². The number of thiazole rings is 1. The van der Waals surface area contributed by atoms with Crippen molar-refractivity contribution < 1.29 is 14.6 Å². The molecule has 1 atom stereocenters. The number of hydrogen-bond acceptors (Lipinski definition) is 6. The fraction of sp³-hybridized carbons (Fsp3) is 0.353.